The second-order valence-corrected chi connectivity index (χ2v) is 5.27. The summed E-state index contributed by atoms with van der Waals surface area (Å²) >= 11 is 6.00. The van der Waals surface area contributed by atoms with E-state index in [2.05, 4.69) is 10.1 Å². The van der Waals surface area contributed by atoms with Crippen LogP contribution in [0.15, 0.2) is 22.7 Å². The monoisotopic (exact) mass is 325 g/mol. The highest BCUT2D eigenvalue weighted by Crippen LogP contribution is 2.24. The Morgan fingerprint density at radius 3 is 2.86 bits per heavy atom. The number of carboxylic acids is 1. The molecule has 0 aliphatic carbocycles. The summed E-state index contributed by atoms with van der Waals surface area (Å²) in [5, 5.41) is 13.1. The van der Waals surface area contributed by atoms with Gasteiger partial charge in [-0.25, -0.2) is 4.79 Å². The van der Waals surface area contributed by atoms with Crippen molar-refractivity contribution in [3.05, 3.63) is 40.5 Å². The van der Waals surface area contributed by atoms with Crippen molar-refractivity contribution in [2.75, 3.05) is 13.7 Å². The fourth-order valence-electron chi connectivity index (χ4n) is 1.95. The number of aryl methyl sites for hydroxylation is 1. The molecule has 0 aliphatic rings. The van der Waals surface area contributed by atoms with E-state index in [9.17, 15) is 4.79 Å². The number of aromatic nitrogens is 2. The fourth-order valence-corrected chi connectivity index (χ4v) is 2.14. The van der Waals surface area contributed by atoms with Gasteiger partial charge >= 0.3 is 5.97 Å². The van der Waals surface area contributed by atoms with Gasteiger partial charge in [0.15, 0.2) is 12.4 Å². The molecular weight excluding hydrogens is 310 g/mol. The highest BCUT2D eigenvalue weighted by Gasteiger charge is 2.12. The van der Waals surface area contributed by atoms with Crippen LogP contribution in [-0.4, -0.2) is 39.8 Å². The van der Waals surface area contributed by atoms with Crippen LogP contribution < -0.4 is 4.74 Å². The lowest BCUT2D eigenvalue weighted by atomic mass is 10.2. The van der Waals surface area contributed by atoms with Crippen molar-refractivity contribution >= 4 is 17.6 Å². The summed E-state index contributed by atoms with van der Waals surface area (Å²) in [4.78, 5) is 16.7. The number of ether oxygens (including phenoxy) is 1. The molecule has 118 valence electrons. The predicted octanol–water partition coefficient (Wildman–Crippen LogP) is 2.13. The molecule has 0 saturated heterocycles. The zero-order valence-corrected chi connectivity index (χ0v) is 13.0. The second kappa shape index (κ2) is 7.24. The van der Waals surface area contributed by atoms with Gasteiger partial charge in [-0.2, -0.15) is 4.98 Å². The van der Waals surface area contributed by atoms with Crippen molar-refractivity contribution < 1.29 is 19.2 Å². The van der Waals surface area contributed by atoms with Crippen molar-refractivity contribution in [2.24, 2.45) is 0 Å². The number of carboxylic acid groups (broad SMARTS) is 1. The Balaban J connectivity index is 2.06. The maximum atomic E-state index is 10.6. The van der Waals surface area contributed by atoms with Gasteiger partial charge in [0.2, 0.25) is 5.89 Å². The molecule has 0 radical (unpaired) electrons. The Hall–Kier alpha value is -2.12. The van der Waals surface area contributed by atoms with Gasteiger partial charge in [-0.15, -0.1) is 0 Å². The van der Waals surface area contributed by atoms with Gasteiger partial charge in [-0.3, -0.25) is 4.90 Å². The van der Waals surface area contributed by atoms with E-state index in [1.807, 2.05) is 11.9 Å². The van der Waals surface area contributed by atoms with Gasteiger partial charge in [-0.1, -0.05) is 16.8 Å². The number of halogens is 1. The number of rotatable bonds is 7. The fraction of sp³-hybridized carbons (Fsp3) is 0.357. The second-order valence-electron chi connectivity index (χ2n) is 4.84. The van der Waals surface area contributed by atoms with Crippen LogP contribution in [-0.2, 0) is 17.9 Å². The molecule has 0 saturated carbocycles. The Labute approximate surface area is 132 Å². The molecule has 1 aromatic heterocycles. The molecule has 22 heavy (non-hydrogen) atoms. The highest BCUT2D eigenvalue weighted by molar-refractivity contribution is 6.30. The standard InChI is InChI=1S/C14H16ClN3O4/c1-9-16-13(17-22-9)7-18(2)6-10-5-11(15)3-4-12(10)21-8-14(19)20/h3-5H,6-8H2,1-2H3,(H,19,20). The molecule has 2 rings (SSSR count). The molecule has 8 heteroatoms. The van der Waals surface area contributed by atoms with Crippen LogP contribution in [0.3, 0.4) is 0 Å². The zero-order valence-electron chi connectivity index (χ0n) is 12.2. The SMILES string of the molecule is Cc1nc(CN(C)Cc2cc(Cl)ccc2OCC(=O)O)no1. The molecule has 0 atom stereocenters. The van der Waals surface area contributed by atoms with Crippen LogP contribution in [0.1, 0.15) is 17.3 Å². The van der Waals surface area contributed by atoms with E-state index in [-0.39, 0.29) is 0 Å². The van der Waals surface area contributed by atoms with Gasteiger partial charge < -0.3 is 14.4 Å². The number of benzene rings is 1. The molecule has 2 aromatic rings. The van der Waals surface area contributed by atoms with Crippen LogP contribution in [0, 0.1) is 6.92 Å². The molecule has 1 heterocycles. The van der Waals surface area contributed by atoms with E-state index in [1.54, 1.807) is 25.1 Å². The minimum atomic E-state index is -1.03. The van der Waals surface area contributed by atoms with Crippen molar-refractivity contribution in [3.63, 3.8) is 0 Å². The minimum Gasteiger partial charge on any atom is -0.482 e. The van der Waals surface area contributed by atoms with Crippen molar-refractivity contribution in [3.8, 4) is 5.75 Å². The predicted molar refractivity (Wildman–Crippen MR) is 78.8 cm³/mol. The molecule has 0 bridgehead atoms. The van der Waals surface area contributed by atoms with Gasteiger partial charge in [0.1, 0.15) is 5.75 Å². The first kappa shape index (κ1) is 16.3. The summed E-state index contributed by atoms with van der Waals surface area (Å²) in [5.41, 5.74) is 0.788. The molecule has 0 unspecified atom stereocenters. The van der Waals surface area contributed by atoms with Gasteiger partial charge in [0, 0.05) is 24.1 Å². The lowest BCUT2D eigenvalue weighted by molar-refractivity contribution is -0.139. The first-order valence-electron chi connectivity index (χ1n) is 6.55. The first-order chi connectivity index (χ1) is 10.4. The number of hydrogen-bond donors (Lipinski definition) is 1. The largest absolute Gasteiger partial charge is 0.482 e. The third-order valence-electron chi connectivity index (χ3n) is 2.79. The van der Waals surface area contributed by atoms with Crippen molar-refractivity contribution in [1.82, 2.24) is 15.0 Å². The van der Waals surface area contributed by atoms with Crippen LogP contribution in [0.5, 0.6) is 5.75 Å². The van der Waals surface area contributed by atoms with Crippen LogP contribution in [0.2, 0.25) is 5.02 Å². The Bertz CT molecular complexity index is 659. The summed E-state index contributed by atoms with van der Waals surface area (Å²) in [6.45, 7) is 2.32. The lowest BCUT2D eigenvalue weighted by Crippen LogP contribution is -2.19. The maximum Gasteiger partial charge on any atom is 0.341 e. The molecule has 0 aliphatic heterocycles. The zero-order chi connectivity index (χ0) is 16.1. The van der Waals surface area contributed by atoms with E-state index in [0.29, 0.717) is 35.6 Å². The molecule has 1 aromatic carbocycles. The lowest BCUT2D eigenvalue weighted by Gasteiger charge is -2.17. The van der Waals surface area contributed by atoms with E-state index in [4.69, 9.17) is 26.0 Å². The van der Waals surface area contributed by atoms with Gasteiger partial charge in [0.25, 0.3) is 0 Å². The summed E-state index contributed by atoms with van der Waals surface area (Å²) in [5.74, 6) is 0.547. The average Bonchev–Trinajstić information content (AvgIpc) is 2.82. The quantitative estimate of drug-likeness (QED) is 0.834. The molecular formula is C14H16ClN3O4. The molecule has 7 nitrogen and oxygen atoms in total. The minimum absolute atomic E-state index is 0.400. The normalized spacial score (nSPS) is 10.9. The highest BCUT2D eigenvalue weighted by atomic mass is 35.5. The third-order valence-corrected chi connectivity index (χ3v) is 3.03. The first-order valence-corrected chi connectivity index (χ1v) is 6.92. The number of aliphatic carboxylic acids is 1. The summed E-state index contributed by atoms with van der Waals surface area (Å²) in [6.07, 6.45) is 0. The Morgan fingerprint density at radius 2 is 2.23 bits per heavy atom. The number of hydrogen-bond acceptors (Lipinski definition) is 6. The molecule has 1 N–H and O–H groups in total. The van der Waals surface area contributed by atoms with Gasteiger partial charge in [-0.05, 0) is 25.2 Å². The smallest absolute Gasteiger partial charge is 0.341 e. The Morgan fingerprint density at radius 1 is 1.45 bits per heavy atom. The average molecular weight is 326 g/mol. The van der Waals surface area contributed by atoms with E-state index in [1.165, 1.54) is 0 Å². The molecule has 0 fully saturated rings. The van der Waals surface area contributed by atoms with E-state index >= 15 is 0 Å². The summed E-state index contributed by atoms with van der Waals surface area (Å²) in [7, 11) is 1.88. The topological polar surface area (TPSA) is 88.7 Å². The maximum absolute atomic E-state index is 10.6. The van der Waals surface area contributed by atoms with Gasteiger partial charge in [0.05, 0.1) is 6.54 Å². The summed E-state index contributed by atoms with van der Waals surface area (Å²) < 4.78 is 10.2. The van der Waals surface area contributed by atoms with Crippen LogP contribution in [0.4, 0.5) is 0 Å². The Kier molecular flexibility index (Phi) is 5.35. The number of carbonyl (C=O) groups is 1. The summed E-state index contributed by atoms with van der Waals surface area (Å²) in [6, 6.07) is 5.06. The third kappa shape index (κ3) is 4.71. The number of nitrogens with zero attached hydrogens (tertiary/aromatic N) is 3. The van der Waals surface area contributed by atoms with Crippen molar-refractivity contribution in [2.45, 2.75) is 20.0 Å². The van der Waals surface area contributed by atoms with E-state index in [0.717, 1.165) is 5.56 Å². The molecule has 0 amide bonds. The van der Waals surface area contributed by atoms with Crippen LogP contribution >= 0.6 is 11.6 Å². The van der Waals surface area contributed by atoms with E-state index < -0.39 is 12.6 Å². The van der Waals surface area contributed by atoms with Crippen molar-refractivity contribution in [1.29, 1.82) is 0 Å². The molecule has 0 spiro atoms. The van der Waals surface area contributed by atoms with Crippen LogP contribution in [0.25, 0.3) is 0 Å².